The molecule has 0 saturated carbocycles. The van der Waals surface area contributed by atoms with Crippen molar-refractivity contribution < 1.29 is 9.53 Å². The van der Waals surface area contributed by atoms with Crippen molar-refractivity contribution in [2.75, 3.05) is 12.4 Å². The minimum Gasteiger partial charge on any atom is -0.494 e. The van der Waals surface area contributed by atoms with E-state index in [1.165, 1.54) is 0 Å². The standard InChI is InChI=1S/C42H32N2O2/c1-28-23-25-33(26-24-28)44-42(45)39-34(46-2)27-43-41-38(32-21-13-6-14-22-32)36(30-17-9-4-10-18-30)35(29-15-7-3-8-16-29)37(40(39)41)31-19-11-5-12-20-31/h3-27H,1-2H3,(H,44,45). The van der Waals surface area contributed by atoms with Gasteiger partial charge in [-0.1, -0.05) is 139 Å². The molecule has 222 valence electrons. The van der Waals surface area contributed by atoms with Crippen molar-refractivity contribution in [1.29, 1.82) is 0 Å². The minimum absolute atomic E-state index is 0.268. The molecule has 0 fully saturated rings. The highest BCUT2D eigenvalue weighted by molar-refractivity contribution is 6.25. The van der Waals surface area contributed by atoms with Crippen molar-refractivity contribution in [3.8, 4) is 50.3 Å². The molecule has 0 bridgehead atoms. The highest BCUT2D eigenvalue weighted by atomic mass is 16.5. The normalized spacial score (nSPS) is 10.9. The van der Waals surface area contributed by atoms with E-state index in [9.17, 15) is 4.79 Å². The van der Waals surface area contributed by atoms with E-state index in [2.05, 4.69) is 78.1 Å². The molecule has 0 atom stereocenters. The monoisotopic (exact) mass is 596 g/mol. The quantitative estimate of drug-likeness (QED) is 0.199. The molecule has 0 aliphatic rings. The number of anilines is 1. The molecule has 7 aromatic rings. The zero-order chi connectivity index (χ0) is 31.5. The second kappa shape index (κ2) is 12.5. The van der Waals surface area contributed by atoms with Gasteiger partial charge in [-0.2, -0.15) is 0 Å². The molecule has 1 heterocycles. The lowest BCUT2D eigenvalue weighted by molar-refractivity contribution is 0.102. The summed E-state index contributed by atoms with van der Waals surface area (Å²) in [5, 5.41) is 3.88. The fourth-order valence-corrected chi connectivity index (χ4v) is 6.20. The number of fused-ring (bicyclic) bond motifs is 1. The van der Waals surface area contributed by atoms with Gasteiger partial charge >= 0.3 is 0 Å². The summed E-state index contributed by atoms with van der Waals surface area (Å²) >= 11 is 0. The molecule has 0 aliphatic carbocycles. The summed E-state index contributed by atoms with van der Waals surface area (Å²) in [7, 11) is 1.59. The molecule has 1 amide bonds. The average Bonchev–Trinajstić information content (AvgIpc) is 3.12. The summed E-state index contributed by atoms with van der Waals surface area (Å²) in [5.74, 6) is 0.135. The fourth-order valence-electron chi connectivity index (χ4n) is 6.20. The Hall–Kier alpha value is -6.00. The topological polar surface area (TPSA) is 51.2 Å². The fraction of sp³-hybridized carbons (Fsp3) is 0.0476. The molecule has 46 heavy (non-hydrogen) atoms. The Morgan fingerprint density at radius 1 is 0.565 bits per heavy atom. The molecule has 4 heteroatoms. The lowest BCUT2D eigenvalue weighted by atomic mass is 9.79. The van der Waals surface area contributed by atoms with Crippen molar-refractivity contribution in [3.05, 3.63) is 163 Å². The van der Waals surface area contributed by atoms with Crippen molar-refractivity contribution in [2.45, 2.75) is 6.92 Å². The van der Waals surface area contributed by atoms with Gasteiger partial charge in [0.2, 0.25) is 0 Å². The number of pyridine rings is 1. The Morgan fingerprint density at radius 3 is 1.48 bits per heavy atom. The zero-order valence-electron chi connectivity index (χ0n) is 25.7. The molecule has 4 nitrogen and oxygen atoms in total. The SMILES string of the molecule is COc1cnc2c(-c3ccccc3)c(-c3ccccc3)c(-c3ccccc3)c(-c3ccccc3)c2c1C(=O)Nc1ccc(C)cc1. The Labute approximate surface area is 269 Å². The van der Waals surface area contributed by atoms with Crippen LogP contribution in [0, 0.1) is 6.92 Å². The number of hydrogen-bond acceptors (Lipinski definition) is 3. The van der Waals surface area contributed by atoms with Gasteiger partial charge in [0.25, 0.3) is 5.91 Å². The maximum atomic E-state index is 14.5. The van der Waals surface area contributed by atoms with Crippen LogP contribution in [0.4, 0.5) is 5.69 Å². The number of methoxy groups -OCH3 is 1. The maximum absolute atomic E-state index is 14.5. The summed E-state index contributed by atoms with van der Waals surface area (Å²) < 4.78 is 5.90. The molecule has 1 aromatic heterocycles. The first-order valence-electron chi connectivity index (χ1n) is 15.3. The molecular weight excluding hydrogens is 564 g/mol. The highest BCUT2D eigenvalue weighted by Crippen LogP contribution is 2.52. The Morgan fingerprint density at radius 2 is 1.00 bits per heavy atom. The summed E-state index contributed by atoms with van der Waals surface area (Å²) in [4.78, 5) is 19.6. The second-order valence-electron chi connectivity index (χ2n) is 11.2. The van der Waals surface area contributed by atoms with Gasteiger partial charge in [0, 0.05) is 27.8 Å². The summed E-state index contributed by atoms with van der Waals surface area (Å²) in [6.45, 7) is 2.03. The molecular formula is C42H32N2O2. The van der Waals surface area contributed by atoms with Gasteiger partial charge < -0.3 is 10.1 Å². The number of nitrogens with zero attached hydrogens (tertiary/aromatic N) is 1. The smallest absolute Gasteiger partial charge is 0.260 e. The molecule has 0 unspecified atom stereocenters. The number of hydrogen-bond donors (Lipinski definition) is 1. The number of benzene rings is 6. The van der Waals surface area contributed by atoms with Gasteiger partial charge in [-0.3, -0.25) is 9.78 Å². The van der Waals surface area contributed by atoms with Crippen LogP contribution in [0.2, 0.25) is 0 Å². The number of aromatic nitrogens is 1. The third-order valence-electron chi connectivity index (χ3n) is 8.29. The number of nitrogens with one attached hydrogen (secondary N) is 1. The minimum atomic E-state index is -0.268. The number of ether oxygens (including phenoxy) is 1. The van der Waals surface area contributed by atoms with Crippen LogP contribution in [0.5, 0.6) is 5.75 Å². The van der Waals surface area contributed by atoms with E-state index in [1.54, 1.807) is 13.3 Å². The third-order valence-corrected chi connectivity index (χ3v) is 8.29. The summed E-state index contributed by atoms with van der Waals surface area (Å²) in [6, 6.07) is 49.2. The molecule has 0 spiro atoms. The van der Waals surface area contributed by atoms with Gasteiger partial charge in [-0.25, -0.2) is 0 Å². The van der Waals surface area contributed by atoms with Gasteiger partial charge in [0.1, 0.15) is 0 Å². The van der Waals surface area contributed by atoms with Crippen molar-refractivity contribution >= 4 is 22.5 Å². The lowest BCUT2D eigenvalue weighted by Crippen LogP contribution is -2.15. The first-order chi connectivity index (χ1) is 22.6. The Balaban J connectivity index is 1.71. The van der Waals surface area contributed by atoms with E-state index in [1.807, 2.05) is 79.7 Å². The van der Waals surface area contributed by atoms with Gasteiger partial charge in [0.15, 0.2) is 5.75 Å². The van der Waals surface area contributed by atoms with Crippen LogP contribution in [0.1, 0.15) is 15.9 Å². The average molecular weight is 597 g/mol. The molecule has 0 aliphatic heterocycles. The number of carbonyl (C=O) groups is 1. The van der Waals surface area contributed by atoms with E-state index in [0.717, 1.165) is 61.0 Å². The van der Waals surface area contributed by atoms with Crippen molar-refractivity contribution in [1.82, 2.24) is 4.98 Å². The van der Waals surface area contributed by atoms with E-state index < -0.39 is 0 Å². The highest BCUT2D eigenvalue weighted by Gasteiger charge is 2.29. The number of amides is 1. The van der Waals surface area contributed by atoms with Gasteiger partial charge in [-0.15, -0.1) is 0 Å². The van der Waals surface area contributed by atoms with Crippen LogP contribution in [-0.2, 0) is 0 Å². The molecule has 0 radical (unpaired) electrons. The number of rotatable bonds is 7. The number of carbonyl (C=O) groups excluding carboxylic acids is 1. The van der Waals surface area contributed by atoms with E-state index in [0.29, 0.717) is 17.0 Å². The van der Waals surface area contributed by atoms with Crippen LogP contribution >= 0.6 is 0 Å². The van der Waals surface area contributed by atoms with Crippen LogP contribution in [0.3, 0.4) is 0 Å². The molecule has 7 rings (SSSR count). The molecule has 6 aromatic carbocycles. The van der Waals surface area contributed by atoms with Crippen LogP contribution < -0.4 is 10.1 Å². The van der Waals surface area contributed by atoms with Gasteiger partial charge in [0.05, 0.1) is 24.4 Å². The Bertz CT molecular complexity index is 2140. The van der Waals surface area contributed by atoms with E-state index in [4.69, 9.17) is 9.72 Å². The van der Waals surface area contributed by atoms with E-state index in [-0.39, 0.29) is 5.91 Å². The third kappa shape index (κ3) is 5.31. The summed E-state index contributed by atoms with van der Waals surface area (Å²) in [6.07, 6.45) is 1.67. The van der Waals surface area contributed by atoms with Crippen molar-refractivity contribution in [2.24, 2.45) is 0 Å². The zero-order valence-corrected chi connectivity index (χ0v) is 25.7. The predicted octanol–water partition coefficient (Wildman–Crippen LogP) is 10.5. The van der Waals surface area contributed by atoms with Crippen LogP contribution in [0.25, 0.3) is 55.4 Å². The second-order valence-corrected chi connectivity index (χ2v) is 11.2. The summed E-state index contributed by atoms with van der Waals surface area (Å²) in [5.41, 5.74) is 11.0. The first-order valence-corrected chi connectivity index (χ1v) is 15.3. The predicted molar refractivity (Wildman–Crippen MR) is 189 cm³/mol. The maximum Gasteiger partial charge on any atom is 0.260 e. The largest absolute Gasteiger partial charge is 0.494 e. The van der Waals surface area contributed by atoms with Crippen LogP contribution in [0.15, 0.2) is 152 Å². The molecule has 0 saturated heterocycles. The Kier molecular flexibility index (Phi) is 7.84. The van der Waals surface area contributed by atoms with Crippen LogP contribution in [-0.4, -0.2) is 18.0 Å². The van der Waals surface area contributed by atoms with Gasteiger partial charge in [-0.05, 0) is 46.9 Å². The first kappa shape index (κ1) is 28.8. The molecule has 1 N–H and O–H groups in total. The van der Waals surface area contributed by atoms with Crippen molar-refractivity contribution in [3.63, 3.8) is 0 Å². The lowest BCUT2D eigenvalue weighted by Gasteiger charge is -2.25. The van der Waals surface area contributed by atoms with E-state index >= 15 is 0 Å². The number of aryl methyl sites for hydroxylation is 1.